The first-order valence-electron chi connectivity index (χ1n) is 4.53. The molecule has 0 unspecified atom stereocenters. The predicted octanol–water partition coefficient (Wildman–Crippen LogP) is -1.17. The van der Waals surface area contributed by atoms with E-state index < -0.39 is 0 Å². The van der Waals surface area contributed by atoms with Gasteiger partial charge in [0.1, 0.15) is 0 Å². The highest BCUT2D eigenvalue weighted by molar-refractivity contribution is 4.77. The highest BCUT2D eigenvalue weighted by atomic mass is 15.0. The van der Waals surface area contributed by atoms with E-state index in [0.717, 1.165) is 39.3 Å². The molecule has 0 atom stereocenters. The molecular weight excluding hydrogens is 152 g/mol. The van der Waals surface area contributed by atoms with Crippen LogP contribution in [0.1, 0.15) is 0 Å². The average Bonchev–Trinajstić information content (AvgIpc) is 2.05. The van der Waals surface area contributed by atoms with E-state index >= 15 is 0 Å². The van der Waals surface area contributed by atoms with Gasteiger partial charge in [-0.15, -0.1) is 0 Å². The van der Waals surface area contributed by atoms with Gasteiger partial charge in [-0.2, -0.15) is 0 Å². The molecule has 0 aromatic carbocycles. The van der Waals surface area contributed by atoms with Crippen LogP contribution in [0.5, 0.6) is 0 Å². The Morgan fingerprint density at radius 3 is 1.50 bits per heavy atom. The second-order valence-corrected chi connectivity index (χ2v) is 2.74. The fourth-order valence-corrected chi connectivity index (χ4v) is 1.03. The normalized spacial score (nSPS) is 24.0. The van der Waals surface area contributed by atoms with E-state index in [4.69, 9.17) is 0 Å². The van der Waals surface area contributed by atoms with Crippen LogP contribution in [0.15, 0.2) is 12.4 Å². The second kappa shape index (κ2) is 6.94. The minimum Gasteiger partial charge on any atom is -0.388 e. The molecule has 0 radical (unpaired) electrons. The fraction of sp³-hybridized carbons (Fsp3) is 0.750. The van der Waals surface area contributed by atoms with Gasteiger partial charge < -0.3 is 21.3 Å². The van der Waals surface area contributed by atoms with Crippen LogP contribution in [0.4, 0.5) is 0 Å². The zero-order valence-corrected chi connectivity index (χ0v) is 7.40. The minimum atomic E-state index is 0.984. The topological polar surface area (TPSA) is 48.1 Å². The second-order valence-electron chi connectivity index (χ2n) is 2.74. The molecule has 4 nitrogen and oxygen atoms in total. The van der Waals surface area contributed by atoms with E-state index in [1.807, 2.05) is 12.4 Å². The molecular formula is C8H18N4. The van der Waals surface area contributed by atoms with Gasteiger partial charge in [0.2, 0.25) is 0 Å². The van der Waals surface area contributed by atoms with E-state index in [1.165, 1.54) is 0 Å². The quantitative estimate of drug-likeness (QED) is 0.370. The van der Waals surface area contributed by atoms with Gasteiger partial charge in [-0.25, -0.2) is 0 Å². The first kappa shape index (κ1) is 9.35. The summed E-state index contributed by atoms with van der Waals surface area (Å²) in [6.07, 6.45) is 3.90. The van der Waals surface area contributed by atoms with Crippen molar-refractivity contribution in [3.63, 3.8) is 0 Å². The molecule has 0 bridgehead atoms. The van der Waals surface area contributed by atoms with Gasteiger partial charge in [0, 0.05) is 51.7 Å². The first-order valence-corrected chi connectivity index (χ1v) is 4.53. The van der Waals surface area contributed by atoms with E-state index in [0.29, 0.717) is 0 Å². The fourth-order valence-electron chi connectivity index (χ4n) is 1.03. The summed E-state index contributed by atoms with van der Waals surface area (Å²) in [5.74, 6) is 0. The lowest BCUT2D eigenvalue weighted by Crippen LogP contribution is -2.34. The highest BCUT2D eigenvalue weighted by Crippen LogP contribution is 1.67. The SMILES string of the molecule is C1=C\NCCNCCNCCN/1. The number of hydrogen-bond donors (Lipinski definition) is 4. The van der Waals surface area contributed by atoms with E-state index in [-0.39, 0.29) is 0 Å². The molecule has 0 fully saturated rings. The van der Waals surface area contributed by atoms with Crippen LogP contribution in [0, 0.1) is 0 Å². The zero-order chi connectivity index (χ0) is 8.49. The highest BCUT2D eigenvalue weighted by Gasteiger charge is 1.88. The average molecular weight is 170 g/mol. The summed E-state index contributed by atoms with van der Waals surface area (Å²) in [6, 6.07) is 0. The lowest BCUT2D eigenvalue weighted by atomic mass is 10.5. The summed E-state index contributed by atoms with van der Waals surface area (Å²) >= 11 is 0. The molecule has 70 valence electrons. The van der Waals surface area contributed by atoms with Gasteiger partial charge in [0.15, 0.2) is 0 Å². The van der Waals surface area contributed by atoms with E-state index in [2.05, 4.69) is 21.3 Å². The first-order chi connectivity index (χ1) is 6.00. The number of rotatable bonds is 0. The molecule has 0 aromatic heterocycles. The standard InChI is InChI=1S/C8H18N4/c1-2-10-5-6-12-8-7-11-4-3-9-1/h1-2,9-12H,3-8H2/b2-1-. The summed E-state index contributed by atoms with van der Waals surface area (Å²) in [4.78, 5) is 0. The van der Waals surface area contributed by atoms with E-state index in [9.17, 15) is 0 Å². The Hall–Kier alpha value is -0.740. The van der Waals surface area contributed by atoms with Gasteiger partial charge in [-0.1, -0.05) is 0 Å². The third kappa shape index (κ3) is 4.98. The molecule has 1 heterocycles. The Bertz CT molecular complexity index is 110. The van der Waals surface area contributed by atoms with Crippen molar-refractivity contribution >= 4 is 0 Å². The molecule has 0 saturated heterocycles. The van der Waals surface area contributed by atoms with Crippen molar-refractivity contribution in [2.24, 2.45) is 0 Å². The lowest BCUT2D eigenvalue weighted by molar-refractivity contribution is 0.591. The summed E-state index contributed by atoms with van der Waals surface area (Å²) in [5, 5.41) is 13.0. The van der Waals surface area contributed by atoms with Crippen LogP contribution < -0.4 is 21.3 Å². The van der Waals surface area contributed by atoms with Crippen molar-refractivity contribution in [2.45, 2.75) is 0 Å². The summed E-state index contributed by atoms with van der Waals surface area (Å²) in [5.41, 5.74) is 0. The molecule has 0 aliphatic carbocycles. The van der Waals surface area contributed by atoms with Gasteiger partial charge >= 0.3 is 0 Å². The molecule has 12 heavy (non-hydrogen) atoms. The molecule has 0 aromatic rings. The molecule has 0 amide bonds. The van der Waals surface area contributed by atoms with Crippen molar-refractivity contribution in [1.29, 1.82) is 0 Å². The summed E-state index contributed by atoms with van der Waals surface area (Å²) in [7, 11) is 0. The Balaban J connectivity index is 2.10. The number of nitrogens with one attached hydrogen (secondary N) is 4. The predicted molar refractivity (Wildman–Crippen MR) is 50.9 cm³/mol. The van der Waals surface area contributed by atoms with Crippen LogP contribution in [0.2, 0.25) is 0 Å². The Morgan fingerprint density at radius 2 is 1.00 bits per heavy atom. The van der Waals surface area contributed by atoms with Crippen molar-refractivity contribution in [1.82, 2.24) is 21.3 Å². The third-order valence-electron chi connectivity index (χ3n) is 1.69. The maximum atomic E-state index is 3.32. The molecule has 4 heteroatoms. The molecule has 0 saturated carbocycles. The van der Waals surface area contributed by atoms with E-state index in [1.54, 1.807) is 0 Å². The Morgan fingerprint density at radius 1 is 0.583 bits per heavy atom. The van der Waals surface area contributed by atoms with Crippen LogP contribution in [-0.4, -0.2) is 39.3 Å². The largest absolute Gasteiger partial charge is 0.388 e. The van der Waals surface area contributed by atoms with Gasteiger partial charge in [0.25, 0.3) is 0 Å². The van der Waals surface area contributed by atoms with Gasteiger partial charge in [0.05, 0.1) is 0 Å². The molecule has 1 rings (SSSR count). The van der Waals surface area contributed by atoms with Crippen LogP contribution in [0.25, 0.3) is 0 Å². The Labute approximate surface area is 73.8 Å². The zero-order valence-electron chi connectivity index (χ0n) is 7.40. The third-order valence-corrected chi connectivity index (χ3v) is 1.69. The summed E-state index contributed by atoms with van der Waals surface area (Å²) < 4.78 is 0. The smallest absolute Gasteiger partial charge is 0.0267 e. The molecule has 0 spiro atoms. The minimum absolute atomic E-state index is 0.984. The summed E-state index contributed by atoms with van der Waals surface area (Å²) in [6.45, 7) is 6.10. The monoisotopic (exact) mass is 170 g/mol. The van der Waals surface area contributed by atoms with Gasteiger partial charge in [-0.05, 0) is 0 Å². The van der Waals surface area contributed by atoms with Gasteiger partial charge in [-0.3, -0.25) is 0 Å². The number of hydrogen-bond acceptors (Lipinski definition) is 4. The van der Waals surface area contributed by atoms with Crippen molar-refractivity contribution in [3.8, 4) is 0 Å². The van der Waals surface area contributed by atoms with Crippen LogP contribution in [-0.2, 0) is 0 Å². The van der Waals surface area contributed by atoms with Crippen LogP contribution in [0.3, 0.4) is 0 Å². The lowest BCUT2D eigenvalue weighted by Gasteiger charge is -2.08. The maximum Gasteiger partial charge on any atom is 0.0267 e. The maximum absolute atomic E-state index is 3.32. The molecule has 1 aliphatic rings. The van der Waals surface area contributed by atoms with Crippen molar-refractivity contribution in [2.75, 3.05) is 39.3 Å². The Kier molecular flexibility index (Phi) is 5.41. The van der Waals surface area contributed by atoms with Crippen molar-refractivity contribution < 1.29 is 0 Å². The van der Waals surface area contributed by atoms with Crippen LogP contribution >= 0.6 is 0 Å². The molecule has 1 aliphatic heterocycles. The van der Waals surface area contributed by atoms with Crippen molar-refractivity contribution in [3.05, 3.63) is 12.4 Å². The molecule has 4 N–H and O–H groups in total.